The Hall–Kier alpha value is -4.46. The van der Waals surface area contributed by atoms with Crippen molar-refractivity contribution in [1.29, 1.82) is 0 Å². The molecule has 142 valence electrons. The van der Waals surface area contributed by atoms with E-state index >= 15 is 0 Å². The van der Waals surface area contributed by atoms with Crippen LogP contribution in [0.25, 0.3) is 56.0 Å². The van der Waals surface area contributed by atoms with Gasteiger partial charge in [0.2, 0.25) is 0 Å². The summed E-state index contributed by atoms with van der Waals surface area (Å²) in [6, 6.07) is 11.7. The molecule has 0 aliphatic carbocycles. The largest absolute Gasteiger partial charge is 0.335 e. The number of imidazole rings is 1. The van der Waals surface area contributed by atoms with Crippen molar-refractivity contribution in [3.8, 4) is 33.9 Å². The van der Waals surface area contributed by atoms with Gasteiger partial charge in [-0.05, 0) is 42.0 Å². The predicted octanol–water partition coefficient (Wildman–Crippen LogP) is 4.02. The highest BCUT2D eigenvalue weighted by Gasteiger charge is 2.17. The molecule has 30 heavy (non-hydrogen) atoms. The Labute approximate surface area is 170 Å². The zero-order chi connectivity index (χ0) is 19.9. The fourth-order valence-corrected chi connectivity index (χ4v) is 3.54. The molecule has 0 spiro atoms. The first-order valence-corrected chi connectivity index (χ1v) is 9.37. The number of pyridine rings is 4. The van der Waals surface area contributed by atoms with Gasteiger partial charge in [-0.15, -0.1) is 0 Å². The lowest BCUT2D eigenvalue weighted by Gasteiger charge is -2.00. The van der Waals surface area contributed by atoms with Gasteiger partial charge in [0.05, 0.1) is 28.4 Å². The van der Waals surface area contributed by atoms with Gasteiger partial charge in [-0.3, -0.25) is 20.1 Å². The molecule has 0 radical (unpaired) electrons. The Morgan fingerprint density at radius 2 is 1.40 bits per heavy atom. The number of rotatable bonds is 3. The maximum Gasteiger partial charge on any atom is 0.161 e. The molecule has 6 rings (SSSR count). The first-order chi connectivity index (χ1) is 14.9. The molecule has 8 heteroatoms. The fraction of sp³-hybridized carbons (Fsp3) is 0. The van der Waals surface area contributed by atoms with Crippen LogP contribution in [0.15, 0.2) is 73.6 Å². The summed E-state index contributed by atoms with van der Waals surface area (Å²) in [6.07, 6.45) is 10.6. The molecular weight excluding hydrogens is 376 g/mol. The molecule has 6 aromatic heterocycles. The van der Waals surface area contributed by atoms with Crippen molar-refractivity contribution in [3.05, 3.63) is 73.6 Å². The van der Waals surface area contributed by atoms with Crippen LogP contribution < -0.4 is 0 Å². The van der Waals surface area contributed by atoms with Gasteiger partial charge < -0.3 is 4.98 Å². The van der Waals surface area contributed by atoms with Crippen LogP contribution in [0.1, 0.15) is 0 Å². The third kappa shape index (κ3) is 2.62. The topological polar surface area (TPSA) is 109 Å². The molecule has 0 bridgehead atoms. The lowest BCUT2D eigenvalue weighted by Crippen LogP contribution is -1.87. The van der Waals surface area contributed by atoms with Gasteiger partial charge in [-0.2, -0.15) is 5.10 Å². The normalized spacial score (nSPS) is 11.3. The number of hydrogen-bond acceptors (Lipinski definition) is 6. The summed E-state index contributed by atoms with van der Waals surface area (Å²) in [6.45, 7) is 0. The second-order valence-corrected chi connectivity index (χ2v) is 6.81. The summed E-state index contributed by atoms with van der Waals surface area (Å²) in [5.41, 5.74) is 7.70. The fourth-order valence-electron chi connectivity index (χ4n) is 3.54. The molecule has 0 amide bonds. The minimum atomic E-state index is 0.638. The second kappa shape index (κ2) is 6.56. The van der Waals surface area contributed by atoms with Gasteiger partial charge in [0, 0.05) is 42.1 Å². The van der Waals surface area contributed by atoms with Gasteiger partial charge in [0.25, 0.3) is 0 Å². The minimum absolute atomic E-state index is 0.638. The number of nitrogens with one attached hydrogen (secondary N) is 2. The first-order valence-electron chi connectivity index (χ1n) is 9.37. The lowest BCUT2D eigenvalue weighted by atomic mass is 10.1. The van der Waals surface area contributed by atoms with Crippen LogP contribution in [0.2, 0.25) is 0 Å². The van der Waals surface area contributed by atoms with Crippen molar-refractivity contribution < 1.29 is 0 Å². The Balaban J connectivity index is 1.52. The molecule has 0 unspecified atom stereocenters. The summed E-state index contributed by atoms with van der Waals surface area (Å²) in [5, 5.41) is 7.52. The van der Waals surface area contributed by atoms with Crippen LogP contribution in [-0.2, 0) is 0 Å². The molecule has 0 atom stereocenters. The van der Waals surface area contributed by atoms with E-state index in [1.165, 1.54) is 0 Å². The van der Waals surface area contributed by atoms with E-state index < -0.39 is 0 Å². The summed E-state index contributed by atoms with van der Waals surface area (Å²) in [5.74, 6) is 0.638. The van der Waals surface area contributed by atoms with Crippen LogP contribution in [-0.4, -0.2) is 40.1 Å². The Bertz CT molecular complexity index is 1490. The summed E-state index contributed by atoms with van der Waals surface area (Å²) >= 11 is 0. The quantitative estimate of drug-likeness (QED) is 0.472. The van der Waals surface area contributed by atoms with Crippen molar-refractivity contribution in [2.45, 2.75) is 0 Å². The summed E-state index contributed by atoms with van der Waals surface area (Å²) < 4.78 is 0. The van der Waals surface area contributed by atoms with Crippen molar-refractivity contribution >= 4 is 22.1 Å². The number of aromatic nitrogens is 8. The zero-order valence-corrected chi connectivity index (χ0v) is 15.6. The number of fused-ring (bicyclic) bond motifs is 2. The molecular formula is C22H14N8. The summed E-state index contributed by atoms with van der Waals surface area (Å²) in [4.78, 5) is 25.5. The van der Waals surface area contributed by atoms with E-state index in [4.69, 9.17) is 9.97 Å². The van der Waals surface area contributed by atoms with Gasteiger partial charge in [-0.1, -0.05) is 0 Å². The van der Waals surface area contributed by atoms with E-state index in [1.807, 2.05) is 42.6 Å². The highest BCUT2D eigenvalue weighted by Crippen LogP contribution is 2.30. The predicted molar refractivity (Wildman–Crippen MR) is 113 cm³/mol. The minimum Gasteiger partial charge on any atom is -0.335 e. The van der Waals surface area contributed by atoms with Crippen molar-refractivity contribution in [3.63, 3.8) is 0 Å². The monoisotopic (exact) mass is 390 g/mol. The standard InChI is InChI=1S/C22H14N8/c1-2-17-20(26-16(1)14-5-9-24-10-6-14)21(30-29-17)22-27-18-12-25-11-15(19(18)28-22)13-3-7-23-8-4-13/h1-12H,(H,27,28)(H,29,30). The van der Waals surface area contributed by atoms with E-state index in [0.717, 1.165) is 44.5 Å². The SMILES string of the molecule is c1cc(-c2ccc3[nH]nc(-c4nc5c(-c6ccncc6)cncc5[nH]4)c3n2)ccn1. The van der Waals surface area contributed by atoms with E-state index in [1.54, 1.807) is 31.0 Å². The van der Waals surface area contributed by atoms with Gasteiger partial charge in [0.1, 0.15) is 5.52 Å². The molecule has 0 saturated carbocycles. The Kier molecular flexibility index (Phi) is 3.60. The zero-order valence-electron chi connectivity index (χ0n) is 15.6. The molecule has 6 heterocycles. The molecule has 2 N–H and O–H groups in total. The molecule has 0 aliphatic rings. The molecule has 0 saturated heterocycles. The molecule has 6 aromatic rings. The highest BCUT2D eigenvalue weighted by molar-refractivity contribution is 5.95. The van der Waals surface area contributed by atoms with Crippen LogP contribution in [0, 0.1) is 0 Å². The van der Waals surface area contributed by atoms with Gasteiger partial charge in [0.15, 0.2) is 11.5 Å². The molecule has 0 fully saturated rings. The Morgan fingerprint density at radius 1 is 0.633 bits per heavy atom. The molecule has 8 nitrogen and oxygen atoms in total. The lowest BCUT2D eigenvalue weighted by molar-refractivity contribution is 1.10. The van der Waals surface area contributed by atoms with Crippen molar-refractivity contribution in [2.75, 3.05) is 0 Å². The van der Waals surface area contributed by atoms with Gasteiger partial charge >= 0.3 is 0 Å². The Morgan fingerprint density at radius 3 is 2.20 bits per heavy atom. The average Bonchev–Trinajstić information content (AvgIpc) is 3.43. The maximum absolute atomic E-state index is 4.84. The van der Waals surface area contributed by atoms with Crippen LogP contribution in [0.3, 0.4) is 0 Å². The first kappa shape index (κ1) is 16.5. The average molecular weight is 390 g/mol. The van der Waals surface area contributed by atoms with E-state index in [0.29, 0.717) is 11.5 Å². The van der Waals surface area contributed by atoms with E-state index in [2.05, 4.69) is 30.1 Å². The number of hydrogen-bond donors (Lipinski definition) is 2. The van der Waals surface area contributed by atoms with Crippen molar-refractivity contribution in [2.24, 2.45) is 0 Å². The van der Waals surface area contributed by atoms with Crippen LogP contribution >= 0.6 is 0 Å². The second-order valence-electron chi connectivity index (χ2n) is 6.81. The number of nitrogens with zero attached hydrogens (tertiary/aromatic N) is 6. The number of H-pyrrole nitrogens is 2. The van der Waals surface area contributed by atoms with E-state index in [9.17, 15) is 0 Å². The smallest absolute Gasteiger partial charge is 0.161 e. The van der Waals surface area contributed by atoms with Gasteiger partial charge in [-0.25, -0.2) is 9.97 Å². The third-order valence-corrected chi connectivity index (χ3v) is 4.99. The summed E-state index contributed by atoms with van der Waals surface area (Å²) in [7, 11) is 0. The third-order valence-electron chi connectivity index (χ3n) is 4.99. The van der Waals surface area contributed by atoms with Crippen LogP contribution in [0.4, 0.5) is 0 Å². The molecule has 0 aromatic carbocycles. The van der Waals surface area contributed by atoms with Crippen molar-refractivity contribution in [1.82, 2.24) is 40.1 Å². The van der Waals surface area contributed by atoms with Crippen LogP contribution in [0.5, 0.6) is 0 Å². The maximum atomic E-state index is 4.84. The highest BCUT2D eigenvalue weighted by atomic mass is 15.1. The molecule has 0 aliphatic heterocycles. The number of aromatic amines is 2. The van der Waals surface area contributed by atoms with E-state index in [-0.39, 0.29) is 0 Å².